The van der Waals surface area contributed by atoms with E-state index >= 15 is 4.39 Å². The summed E-state index contributed by atoms with van der Waals surface area (Å²) in [4.78, 5) is 19.3. The number of aliphatic hydroxyl groups excluding tert-OH is 1. The maximum Gasteiger partial charge on any atom is 0.250 e. The largest absolute Gasteiger partial charge is 0.375 e. The highest BCUT2D eigenvalue weighted by Gasteiger charge is 2.44. The maximum absolute atomic E-state index is 15.4. The van der Waals surface area contributed by atoms with Crippen molar-refractivity contribution in [1.29, 1.82) is 0 Å². The third-order valence-electron chi connectivity index (χ3n) is 6.43. The fraction of sp³-hybridized carbons (Fsp3) is 0.318. The number of halogens is 1. The minimum absolute atomic E-state index is 0.137. The molecule has 1 amide bonds. The number of aromatic amines is 1. The van der Waals surface area contributed by atoms with Crippen molar-refractivity contribution in [3.63, 3.8) is 0 Å². The number of H-pyrrole nitrogens is 1. The molecule has 3 aromatic rings. The summed E-state index contributed by atoms with van der Waals surface area (Å²) in [7, 11) is 0. The van der Waals surface area contributed by atoms with Crippen LogP contribution in [0.4, 0.5) is 10.1 Å². The zero-order valence-electron chi connectivity index (χ0n) is 15.9. The Kier molecular flexibility index (Phi) is 4.11. The van der Waals surface area contributed by atoms with Gasteiger partial charge in [-0.3, -0.25) is 9.69 Å². The highest BCUT2D eigenvalue weighted by atomic mass is 19.1. The molecule has 0 bridgehead atoms. The van der Waals surface area contributed by atoms with Gasteiger partial charge in [0.15, 0.2) is 0 Å². The minimum atomic E-state index is -0.694. The van der Waals surface area contributed by atoms with E-state index in [0.717, 1.165) is 23.9 Å². The molecule has 0 radical (unpaired) electrons. The first kappa shape index (κ1) is 18.1. The van der Waals surface area contributed by atoms with E-state index < -0.39 is 18.0 Å². The number of para-hydroxylation sites is 1. The Balaban J connectivity index is 1.66. The highest BCUT2D eigenvalue weighted by molar-refractivity contribution is 6.19. The predicted molar refractivity (Wildman–Crippen MR) is 111 cm³/mol. The average Bonchev–Trinajstić information content (AvgIpc) is 3.39. The highest BCUT2D eigenvalue weighted by Crippen LogP contribution is 2.42. The number of aromatic nitrogens is 1. The molecule has 0 aliphatic carbocycles. The number of nitrogens with one attached hydrogen (secondary N) is 1. The van der Waals surface area contributed by atoms with Crippen LogP contribution in [0.15, 0.2) is 43.0 Å². The number of carbonyl (C=O) groups excluding carboxylic acids is 1. The molecule has 3 unspecified atom stereocenters. The van der Waals surface area contributed by atoms with Gasteiger partial charge in [-0.25, -0.2) is 4.39 Å². The van der Waals surface area contributed by atoms with Gasteiger partial charge < -0.3 is 20.7 Å². The standard InChI is InChI=1S/C22H23FN4O2/c1-2-18(28)27-8-7-12-10-26(11-17(12)27)21-15(23)9-14(22(24)29)20-19(21)13-5-3-4-6-16(13)25-20/h2-6,9,12,17-18,25,28H,1,7-8,10-11H2,(H2,24,29). The van der Waals surface area contributed by atoms with Crippen LogP contribution in [-0.2, 0) is 0 Å². The molecule has 2 aromatic carbocycles. The third-order valence-corrected chi connectivity index (χ3v) is 6.43. The van der Waals surface area contributed by atoms with Crippen molar-refractivity contribution in [3.05, 3.63) is 54.4 Å². The number of likely N-dealkylation sites (tertiary alicyclic amines) is 1. The van der Waals surface area contributed by atoms with Crippen molar-refractivity contribution in [2.75, 3.05) is 24.5 Å². The number of hydrogen-bond donors (Lipinski definition) is 3. The van der Waals surface area contributed by atoms with Crippen LogP contribution in [0.2, 0.25) is 0 Å². The summed E-state index contributed by atoms with van der Waals surface area (Å²) in [5.74, 6) is -0.766. The Labute approximate surface area is 167 Å². The van der Waals surface area contributed by atoms with E-state index in [9.17, 15) is 9.90 Å². The van der Waals surface area contributed by atoms with Crippen molar-refractivity contribution in [1.82, 2.24) is 9.88 Å². The van der Waals surface area contributed by atoms with Crippen LogP contribution in [-0.4, -0.2) is 52.8 Å². The first-order chi connectivity index (χ1) is 14.0. The fourth-order valence-corrected chi connectivity index (χ4v) is 5.12. The van der Waals surface area contributed by atoms with Gasteiger partial charge in [0.05, 0.1) is 16.8 Å². The summed E-state index contributed by atoms with van der Waals surface area (Å²) in [6.07, 6.45) is 1.79. The molecule has 29 heavy (non-hydrogen) atoms. The summed E-state index contributed by atoms with van der Waals surface area (Å²) in [5, 5.41) is 11.8. The lowest BCUT2D eigenvalue weighted by atomic mass is 10.0. The van der Waals surface area contributed by atoms with E-state index in [0.29, 0.717) is 35.6 Å². The first-order valence-corrected chi connectivity index (χ1v) is 9.83. The molecule has 4 N–H and O–H groups in total. The number of anilines is 1. The van der Waals surface area contributed by atoms with E-state index in [-0.39, 0.29) is 11.6 Å². The molecule has 1 aromatic heterocycles. The van der Waals surface area contributed by atoms with Gasteiger partial charge in [0.1, 0.15) is 12.0 Å². The normalized spacial score (nSPS) is 23.0. The summed E-state index contributed by atoms with van der Waals surface area (Å²) in [6, 6.07) is 9.00. The Morgan fingerprint density at radius 2 is 2.17 bits per heavy atom. The number of hydrogen-bond acceptors (Lipinski definition) is 4. The third kappa shape index (κ3) is 2.65. The molecule has 3 atom stereocenters. The number of carbonyl (C=O) groups is 1. The molecule has 0 saturated carbocycles. The van der Waals surface area contributed by atoms with Crippen LogP contribution in [0.25, 0.3) is 21.8 Å². The Hall–Kier alpha value is -2.90. The Bertz CT molecular complexity index is 1140. The van der Waals surface area contributed by atoms with Crippen LogP contribution in [0.3, 0.4) is 0 Å². The molecule has 6 nitrogen and oxygen atoms in total. The predicted octanol–water partition coefficient (Wildman–Crippen LogP) is 2.57. The number of fused-ring (bicyclic) bond motifs is 4. The van der Waals surface area contributed by atoms with Crippen molar-refractivity contribution in [2.45, 2.75) is 18.7 Å². The second kappa shape index (κ2) is 6.57. The molecule has 2 saturated heterocycles. The number of amides is 1. The lowest BCUT2D eigenvalue weighted by molar-refractivity contribution is 0.0336. The summed E-state index contributed by atoms with van der Waals surface area (Å²) >= 11 is 0. The second-order valence-electron chi connectivity index (χ2n) is 7.95. The number of nitrogens with two attached hydrogens (primary N) is 1. The van der Waals surface area contributed by atoms with Crippen molar-refractivity contribution in [3.8, 4) is 0 Å². The molecule has 2 fully saturated rings. The van der Waals surface area contributed by atoms with E-state index in [1.54, 1.807) is 0 Å². The second-order valence-corrected chi connectivity index (χ2v) is 7.95. The van der Waals surface area contributed by atoms with Crippen LogP contribution in [0.1, 0.15) is 16.8 Å². The first-order valence-electron chi connectivity index (χ1n) is 9.83. The van der Waals surface area contributed by atoms with E-state index in [1.165, 1.54) is 12.1 Å². The van der Waals surface area contributed by atoms with Crippen LogP contribution in [0, 0.1) is 11.7 Å². The van der Waals surface area contributed by atoms with Gasteiger partial charge in [0, 0.05) is 42.0 Å². The van der Waals surface area contributed by atoms with Gasteiger partial charge >= 0.3 is 0 Å². The molecule has 0 spiro atoms. The van der Waals surface area contributed by atoms with Gasteiger partial charge in [0.2, 0.25) is 0 Å². The Morgan fingerprint density at radius 1 is 1.38 bits per heavy atom. The van der Waals surface area contributed by atoms with Gasteiger partial charge in [-0.1, -0.05) is 24.8 Å². The summed E-state index contributed by atoms with van der Waals surface area (Å²) in [5.41, 5.74) is 7.57. The zero-order chi connectivity index (χ0) is 20.3. The van der Waals surface area contributed by atoms with E-state index in [2.05, 4.69) is 11.6 Å². The molecular formula is C22H23FN4O2. The lowest BCUT2D eigenvalue weighted by Gasteiger charge is -2.28. The average molecular weight is 394 g/mol. The summed E-state index contributed by atoms with van der Waals surface area (Å²) < 4.78 is 15.4. The topological polar surface area (TPSA) is 85.6 Å². The van der Waals surface area contributed by atoms with Crippen molar-refractivity contribution < 1.29 is 14.3 Å². The zero-order valence-corrected chi connectivity index (χ0v) is 15.9. The number of aliphatic hydroxyl groups is 1. The van der Waals surface area contributed by atoms with Gasteiger partial charge in [-0.05, 0) is 30.5 Å². The Morgan fingerprint density at radius 3 is 2.93 bits per heavy atom. The van der Waals surface area contributed by atoms with Gasteiger partial charge in [0.25, 0.3) is 5.91 Å². The number of rotatable bonds is 4. The summed E-state index contributed by atoms with van der Waals surface area (Å²) in [6.45, 7) is 5.81. The van der Waals surface area contributed by atoms with E-state index in [1.807, 2.05) is 34.1 Å². The fourth-order valence-electron chi connectivity index (χ4n) is 5.12. The van der Waals surface area contributed by atoms with Crippen LogP contribution in [0.5, 0.6) is 0 Å². The number of nitrogens with zero attached hydrogens (tertiary/aromatic N) is 2. The van der Waals surface area contributed by atoms with Crippen molar-refractivity contribution >= 4 is 33.4 Å². The minimum Gasteiger partial charge on any atom is -0.375 e. The quantitative estimate of drug-likeness (QED) is 0.594. The van der Waals surface area contributed by atoms with Gasteiger partial charge in [-0.2, -0.15) is 0 Å². The molecule has 150 valence electrons. The molecule has 3 heterocycles. The van der Waals surface area contributed by atoms with Crippen LogP contribution >= 0.6 is 0 Å². The maximum atomic E-state index is 15.4. The molecule has 5 rings (SSSR count). The van der Waals surface area contributed by atoms with Gasteiger partial charge in [-0.15, -0.1) is 0 Å². The number of benzene rings is 2. The molecule has 2 aliphatic rings. The number of primary amides is 1. The van der Waals surface area contributed by atoms with E-state index in [4.69, 9.17) is 5.73 Å². The monoisotopic (exact) mass is 394 g/mol. The lowest BCUT2D eigenvalue weighted by Crippen LogP contribution is -2.41. The SMILES string of the molecule is C=CC(O)N1CCC2CN(c3c(F)cc(C(N)=O)c4[nH]c5ccccc5c34)CC21. The molecule has 7 heteroatoms. The van der Waals surface area contributed by atoms with Crippen molar-refractivity contribution in [2.24, 2.45) is 11.7 Å². The molecule has 2 aliphatic heterocycles. The smallest absolute Gasteiger partial charge is 0.250 e. The molecular weight excluding hydrogens is 371 g/mol. The van der Waals surface area contributed by atoms with Crippen LogP contribution < -0.4 is 10.6 Å².